The van der Waals surface area contributed by atoms with Gasteiger partial charge in [-0.15, -0.1) is 0 Å². The van der Waals surface area contributed by atoms with E-state index >= 15 is 0 Å². The second kappa shape index (κ2) is 6.26. The van der Waals surface area contributed by atoms with Crippen LogP contribution in [0.2, 0.25) is 0 Å². The summed E-state index contributed by atoms with van der Waals surface area (Å²) >= 11 is -2.51. The van der Waals surface area contributed by atoms with E-state index in [1.165, 1.54) is 33.4 Å². The molecule has 1 aliphatic carbocycles. The summed E-state index contributed by atoms with van der Waals surface area (Å²) in [6, 6.07) is 13.8. The van der Waals surface area contributed by atoms with Crippen molar-refractivity contribution in [1.82, 2.24) is 0 Å². The van der Waals surface area contributed by atoms with Crippen LogP contribution in [0.4, 0.5) is 0 Å². The van der Waals surface area contributed by atoms with Gasteiger partial charge in [0, 0.05) is 0 Å². The van der Waals surface area contributed by atoms with Crippen molar-refractivity contribution < 1.29 is 19.4 Å². The topological polar surface area (TPSA) is 0 Å². The van der Waals surface area contributed by atoms with Gasteiger partial charge < -0.3 is 0 Å². The Morgan fingerprint density at radius 1 is 0.708 bits per heavy atom. The van der Waals surface area contributed by atoms with Crippen molar-refractivity contribution in [3.8, 4) is 11.1 Å². The van der Waals surface area contributed by atoms with Crippen molar-refractivity contribution in [2.75, 3.05) is 0 Å². The van der Waals surface area contributed by atoms with E-state index in [2.05, 4.69) is 77.9 Å². The summed E-state index contributed by atoms with van der Waals surface area (Å²) in [7, 11) is 13.3. The van der Waals surface area contributed by atoms with Crippen molar-refractivity contribution in [2.24, 2.45) is 0 Å². The van der Waals surface area contributed by atoms with Gasteiger partial charge in [0.2, 0.25) is 0 Å². The van der Waals surface area contributed by atoms with Gasteiger partial charge in [0.05, 0.1) is 0 Å². The molecule has 0 unspecified atom stereocenters. The number of hydrogen-bond donors (Lipinski definition) is 0. The molecule has 0 aromatic heterocycles. The van der Waals surface area contributed by atoms with Gasteiger partial charge in [0.15, 0.2) is 0 Å². The minimum atomic E-state index is -2.51. The Morgan fingerprint density at radius 2 is 1.08 bits per heavy atom. The van der Waals surface area contributed by atoms with E-state index in [-0.39, 0.29) is 14.5 Å². The Bertz CT molecular complexity index is 716. The number of fused-ring (bicyclic) bond motifs is 3. The summed E-state index contributed by atoms with van der Waals surface area (Å²) in [5.41, 5.74) is 8.32. The maximum absolute atomic E-state index is 6.63. The van der Waals surface area contributed by atoms with Gasteiger partial charge in [-0.05, 0) is 0 Å². The predicted octanol–water partition coefficient (Wildman–Crippen LogP) is 7.28. The van der Waals surface area contributed by atoms with E-state index in [0.29, 0.717) is 0 Å². The average molecular weight is 440 g/mol. The van der Waals surface area contributed by atoms with Crippen molar-refractivity contribution in [3.05, 3.63) is 58.7 Å². The van der Waals surface area contributed by atoms with Crippen LogP contribution in [0.25, 0.3) is 11.1 Å². The molecule has 0 saturated carbocycles. The van der Waals surface area contributed by atoms with Gasteiger partial charge >= 0.3 is 162 Å². The van der Waals surface area contributed by atoms with Crippen LogP contribution in [0, 0.1) is 0 Å². The molecule has 0 N–H and O–H groups in total. The summed E-state index contributed by atoms with van der Waals surface area (Å²) in [6.45, 7) is 13.5. The van der Waals surface area contributed by atoms with Gasteiger partial charge in [-0.3, -0.25) is 0 Å². The predicted molar refractivity (Wildman–Crippen MR) is 103 cm³/mol. The van der Waals surface area contributed by atoms with Gasteiger partial charge in [0.25, 0.3) is 0 Å². The fourth-order valence-corrected chi connectivity index (χ4v) is 8.54. The summed E-state index contributed by atoms with van der Waals surface area (Å²) in [4.78, 5) is 0. The zero-order valence-corrected chi connectivity index (χ0v) is 19.3. The van der Waals surface area contributed by atoms with Crippen LogP contribution in [0.1, 0.15) is 67.4 Å². The Morgan fingerprint density at radius 3 is 1.38 bits per heavy atom. The molecule has 0 fully saturated rings. The van der Waals surface area contributed by atoms with Crippen LogP contribution in [0.3, 0.4) is 0 Å². The fraction of sp³-hybridized carbons (Fsp3) is 0.429. The Balaban J connectivity index is 2.21. The van der Waals surface area contributed by atoms with Crippen LogP contribution in [-0.2, 0) is 30.2 Å². The third-order valence-electron chi connectivity index (χ3n) is 4.97. The molecule has 0 aliphatic heterocycles. The van der Waals surface area contributed by atoms with Crippen LogP contribution in [0.5, 0.6) is 0 Å². The van der Waals surface area contributed by atoms with Gasteiger partial charge in [-0.2, -0.15) is 0 Å². The van der Waals surface area contributed by atoms with Crippen LogP contribution in [-0.4, -0.2) is 0 Å². The number of benzene rings is 2. The molecule has 1 aliphatic rings. The molecule has 0 heterocycles. The molecule has 2 aromatic rings. The van der Waals surface area contributed by atoms with Crippen molar-refractivity contribution in [1.29, 1.82) is 0 Å². The molecule has 0 amide bonds. The SMILES string of the molecule is CC(C)(C)c1ccc2c(c1)[CH]([Zr]([Cl])[Cl])c1cc(C(C)(C)C)ccc1-2. The van der Waals surface area contributed by atoms with Gasteiger partial charge in [-0.1, -0.05) is 0 Å². The number of halogens is 2. The summed E-state index contributed by atoms with van der Waals surface area (Å²) in [5.74, 6) is 0. The van der Waals surface area contributed by atoms with Crippen molar-refractivity contribution in [3.63, 3.8) is 0 Å². The molecule has 127 valence electrons. The molecule has 0 radical (unpaired) electrons. The second-order valence-electron chi connectivity index (χ2n) is 8.83. The Labute approximate surface area is 161 Å². The van der Waals surface area contributed by atoms with E-state index in [1.54, 1.807) is 0 Å². The molecular formula is C21H25Cl2Zr. The molecule has 3 heteroatoms. The second-order valence-corrected chi connectivity index (χ2v) is 17.6. The molecule has 0 atom stereocenters. The van der Waals surface area contributed by atoms with Crippen molar-refractivity contribution in [2.45, 2.75) is 56.0 Å². The first-order valence-electron chi connectivity index (χ1n) is 8.47. The van der Waals surface area contributed by atoms with E-state index in [0.717, 1.165) is 0 Å². The molecule has 24 heavy (non-hydrogen) atoms. The average Bonchev–Trinajstić information content (AvgIpc) is 2.78. The quantitative estimate of drug-likeness (QED) is 0.438. The Kier molecular flexibility index (Phi) is 4.87. The van der Waals surface area contributed by atoms with Crippen LogP contribution < -0.4 is 0 Å². The van der Waals surface area contributed by atoms with Crippen LogP contribution >= 0.6 is 17.0 Å². The maximum atomic E-state index is 6.63. The third-order valence-corrected chi connectivity index (χ3v) is 10.1. The summed E-state index contributed by atoms with van der Waals surface area (Å²) < 4.78 is 0.241. The van der Waals surface area contributed by atoms with E-state index in [9.17, 15) is 0 Å². The molecule has 3 rings (SSSR count). The zero-order valence-electron chi connectivity index (χ0n) is 15.3. The monoisotopic (exact) mass is 437 g/mol. The molecule has 0 bridgehead atoms. The van der Waals surface area contributed by atoms with E-state index in [4.69, 9.17) is 17.0 Å². The van der Waals surface area contributed by atoms with Crippen LogP contribution in [0.15, 0.2) is 36.4 Å². The molecule has 2 aromatic carbocycles. The third kappa shape index (κ3) is 3.29. The number of hydrogen-bond acceptors (Lipinski definition) is 0. The fourth-order valence-electron chi connectivity index (χ4n) is 3.43. The minimum absolute atomic E-state index is 0.132. The molecule has 0 saturated heterocycles. The molecular weight excluding hydrogens is 414 g/mol. The summed E-state index contributed by atoms with van der Waals surface area (Å²) in [6.07, 6.45) is 0. The van der Waals surface area contributed by atoms with E-state index in [1.807, 2.05) is 0 Å². The first-order valence-corrected chi connectivity index (χ1v) is 16.2. The van der Waals surface area contributed by atoms with Gasteiger partial charge in [-0.25, -0.2) is 0 Å². The summed E-state index contributed by atoms with van der Waals surface area (Å²) in [5, 5.41) is 0. The Hall–Kier alpha value is -0.0969. The van der Waals surface area contributed by atoms with Gasteiger partial charge in [0.1, 0.15) is 0 Å². The first-order chi connectivity index (χ1) is 11.0. The molecule has 0 nitrogen and oxygen atoms in total. The number of rotatable bonds is 1. The normalized spacial score (nSPS) is 14.5. The standard InChI is InChI=1S/C21H25.2ClH.Zr/c1-20(2,3)16-7-9-18-14(12-16)11-15-13-17(21(4,5)6)8-10-19(15)18;;;/h7-13H,1-6H3;2*1H;/q;;;+2/p-2. The zero-order chi connectivity index (χ0) is 17.9. The first kappa shape index (κ1) is 18.7. The molecule has 0 spiro atoms. The van der Waals surface area contributed by atoms with Crippen molar-refractivity contribution >= 4 is 17.0 Å². The van der Waals surface area contributed by atoms with E-state index < -0.39 is 19.4 Å².